The minimum absolute atomic E-state index is 0.674. The first-order valence-corrected chi connectivity index (χ1v) is 6.98. The zero-order valence-electron chi connectivity index (χ0n) is 10.5. The van der Waals surface area contributed by atoms with Crippen LogP contribution in [-0.2, 0) is 0 Å². The largest absolute Gasteiger partial charge is 0.314 e. The van der Waals surface area contributed by atoms with Gasteiger partial charge in [-0.3, -0.25) is 0 Å². The van der Waals surface area contributed by atoms with E-state index in [1.54, 1.807) is 0 Å². The summed E-state index contributed by atoms with van der Waals surface area (Å²) in [7, 11) is 0. The van der Waals surface area contributed by atoms with E-state index in [0.717, 1.165) is 18.5 Å². The highest BCUT2D eigenvalue weighted by atomic mass is 14.9. The number of hydrogen-bond donors (Lipinski definition) is 1. The smallest absolute Gasteiger partial charge is 0.00724 e. The van der Waals surface area contributed by atoms with Crippen LogP contribution < -0.4 is 5.32 Å². The van der Waals surface area contributed by atoms with E-state index in [4.69, 9.17) is 0 Å². The first kappa shape index (κ1) is 11.4. The van der Waals surface area contributed by atoms with E-state index in [1.807, 2.05) is 0 Å². The fourth-order valence-electron chi connectivity index (χ4n) is 3.90. The van der Waals surface area contributed by atoms with Crippen LogP contribution in [0.4, 0.5) is 0 Å². The van der Waals surface area contributed by atoms with E-state index in [-0.39, 0.29) is 0 Å². The first-order valence-electron chi connectivity index (χ1n) is 6.98. The Bertz CT molecular complexity index is 196. The Labute approximate surface area is 95.0 Å². The molecular formula is C14H27N. The fraction of sp³-hybridized carbons (Fsp3) is 1.00. The third-order valence-corrected chi connectivity index (χ3v) is 4.86. The SMILES string of the molecule is CCNC1CCC(C)(C2CCCCC2)C1. The third-order valence-electron chi connectivity index (χ3n) is 4.86. The van der Waals surface area contributed by atoms with Crippen LogP contribution in [0.15, 0.2) is 0 Å². The van der Waals surface area contributed by atoms with Crippen molar-refractivity contribution >= 4 is 0 Å². The van der Waals surface area contributed by atoms with Crippen molar-refractivity contribution in [3.63, 3.8) is 0 Å². The number of hydrogen-bond acceptors (Lipinski definition) is 1. The minimum Gasteiger partial charge on any atom is -0.314 e. The predicted octanol–water partition coefficient (Wildman–Crippen LogP) is 3.74. The van der Waals surface area contributed by atoms with Crippen molar-refractivity contribution in [1.82, 2.24) is 5.32 Å². The molecule has 0 spiro atoms. The van der Waals surface area contributed by atoms with Gasteiger partial charge in [-0.2, -0.15) is 0 Å². The van der Waals surface area contributed by atoms with Gasteiger partial charge in [-0.05, 0) is 50.0 Å². The van der Waals surface area contributed by atoms with E-state index in [1.165, 1.54) is 51.4 Å². The van der Waals surface area contributed by atoms with Gasteiger partial charge >= 0.3 is 0 Å². The van der Waals surface area contributed by atoms with Crippen molar-refractivity contribution in [2.75, 3.05) is 6.54 Å². The maximum absolute atomic E-state index is 3.64. The topological polar surface area (TPSA) is 12.0 Å². The Balaban J connectivity index is 1.89. The summed E-state index contributed by atoms with van der Waals surface area (Å²) in [5.41, 5.74) is 0.674. The molecule has 0 amide bonds. The molecule has 1 N–H and O–H groups in total. The molecule has 0 aromatic rings. The summed E-state index contributed by atoms with van der Waals surface area (Å²) in [6, 6.07) is 0.821. The summed E-state index contributed by atoms with van der Waals surface area (Å²) < 4.78 is 0. The quantitative estimate of drug-likeness (QED) is 0.746. The van der Waals surface area contributed by atoms with Crippen molar-refractivity contribution in [3.05, 3.63) is 0 Å². The van der Waals surface area contributed by atoms with Crippen LogP contribution in [0.2, 0.25) is 0 Å². The van der Waals surface area contributed by atoms with Crippen molar-refractivity contribution in [2.24, 2.45) is 11.3 Å². The summed E-state index contributed by atoms with van der Waals surface area (Å²) in [6.07, 6.45) is 11.8. The zero-order chi connectivity index (χ0) is 10.7. The maximum atomic E-state index is 3.64. The van der Waals surface area contributed by atoms with Gasteiger partial charge in [-0.15, -0.1) is 0 Å². The van der Waals surface area contributed by atoms with Crippen LogP contribution >= 0.6 is 0 Å². The standard InChI is InChI=1S/C14H27N/c1-3-15-13-9-10-14(2,11-13)12-7-5-4-6-8-12/h12-13,15H,3-11H2,1-2H3. The molecule has 2 saturated carbocycles. The lowest BCUT2D eigenvalue weighted by atomic mass is 9.69. The molecule has 0 radical (unpaired) electrons. The molecule has 2 unspecified atom stereocenters. The summed E-state index contributed by atoms with van der Waals surface area (Å²) in [4.78, 5) is 0. The van der Waals surface area contributed by atoms with Gasteiger partial charge in [0.05, 0.1) is 0 Å². The molecule has 2 aliphatic carbocycles. The summed E-state index contributed by atoms with van der Waals surface area (Å²) in [5.74, 6) is 1.04. The average Bonchev–Trinajstić information content (AvgIpc) is 2.64. The van der Waals surface area contributed by atoms with Crippen LogP contribution in [0.25, 0.3) is 0 Å². The lowest BCUT2D eigenvalue weighted by Crippen LogP contribution is -2.31. The van der Waals surface area contributed by atoms with Crippen molar-refractivity contribution in [2.45, 2.75) is 71.3 Å². The van der Waals surface area contributed by atoms with E-state index < -0.39 is 0 Å². The van der Waals surface area contributed by atoms with E-state index in [2.05, 4.69) is 19.2 Å². The van der Waals surface area contributed by atoms with Crippen LogP contribution in [0.5, 0.6) is 0 Å². The summed E-state index contributed by atoms with van der Waals surface area (Å²) in [6.45, 7) is 5.93. The van der Waals surface area contributed by atoms with Gasteiger partial charge in [0, 0.05) is 6.04 Å². The highest BCUT2D eigenvalue weighted by Crippen LogP contribution is 2.49. The molecule has 15 heavy (non-hydrogen) atoms. The molecule has 0 bridgehead atoms. The highest BCUT2D eigenvalue weighted by Gasteiger charge is 2.40. The molecule has 0 saturated heterocycles. The molecule has 0 aliphatic heterocycles. The number of rotatable bonds is 3. The molecule has 1 nitrogen and oxygen atoms in total. The third kappa shape index (κ3) is 2.55. The van der Waals surface area contributed by atoms with Crippen LogP contribution in [-0.4, -0.2) is 12.6 Å². The van der Waals surface area contributed by atoms with Gasteiger partial charge in [-0.25, -0.2) is 0 Å². The fourth-order valence-corrected chi connectivity index (χ4v) is 3.90. The molecule has 1 heteroatoms. The predicted molar refractivity (Wildman–Crippen MR) is 66.0 cm³/mol. The van der Waals surface area contributed by atoms with Gasteiger partial charge in [-0.1, -0.05) is 33.1 Å². The maximum Gasteiger partial charge on any atom is 0.00724 e. The zero-order valence-corrected chi connectivity index (χ0v) is 10.5. The minimum atomic E-state index is 0.674. The Hall–Kier alpha value is -0.0400. The van der Waals surface area contributed by atoms with Gasteiger partial charge < -0.3 is 5.32 Å². The summed E-state index contributed by atoms with van der Waals surface area (Å²) in [5, 5.41) is 3.64. The van der Waals surface area contributed by atoms with E-state index >= 15 is 0 Å². The Morgan fingerprint density at radius 3 is 2.53 bits per heavy atom. The molecule has 2 aliphatic rings. The highest BCUT2D eigenvalue weighted by molar-refractivity contribution is 4.94. The Morgan fingerprint density at radius 2 is 1.87 bits per heavy atom. The van der Waals surface area contributed by atoms with Crippen molar-refractivity contribution in [3.8, 4) is 0 Å². The van der Waals surface area contributed by atoms with Gasteiger partial charge in [0.1, 0.15) is 0 Å². The summed E-state index contributed by atoms with van der Waals surface area (Å²) >= 11 is 0. The molecule has 2 atom stereocenters. The van der Waals surface area contributed by atoms with Gasteiger partial charge in [0.2, 0.25) is 0 Å². The van der Waals surface area contributed by atoms with Crippen molar-refractivity contribution < 1.29 is 0 Å². The van der Waals surface area contributed by atoms with Gasteiger partial charge in [0.15, 0.2) is 0 Å². The van der Waals surface area contributed by atoms with E-state index in [9.17, 15) is 0 Å². The number of nitrogens with one attached hydrogen (secondary N) is 1. The van der Waals surface area contributed by atoms with Crippen LogP contribution in [0.1, 0.15) is 65.2 Å². The normalized spacial score (nSPS) is 38.4. The molecule has 0 aromatic heterocycles. The van der Waals surface area contributed by atoms with E-state index in [0.29, 0.717) is 5.41 Å². The Morgan fingerprint density at radius 1 is 1.13 bits per heavy atom. The molecular weight excluding hydrogens is 182 g/mol. The molecule has 0 heterocycles. The van der Waals surface area contributed by atoms with Crippen LogP contribution in [0, 0.1) is 11.3 Å². The molecule has 88 valence electrons. The first-order chi connectivity index (χ1) is 7.24. The lowest BCUT2D eigenvalue weighted by Gasteiger charge is -2.37. The second kappa shape index (κ2) is 4.86. The molecule has 2 fully saturated rings. The molecule has 0 aromatic carbocycles. The van der Waals surface area contributed by atoms with Crippen LogP contribution in [0.3, 0.4) is 0 Å². The lowest BCUT2D eigenvalue weighted by molar-refractivity contribution is 0.140. The second-order valence-electron chi connectivity index (χ2n) is 5.99. The monoisotopic (exact) mass is 209 g/mol. The van der Waals surface area contributed by atoms with Gasteiger partial charge in [0.25, 0.3) is 0 Å². The Kier molecular flexibility index (Phi) is 3.71. The average molecular weight is 209 g/mol. The second-order valence-corrected chi connectivity index (χ2v) is 5.99. The molecule has 2 rings (SSSR count). The van der Waals surface area contributed by atoms with Crippen molar-refractivity contribution in [1.29, 1.82) is 0 Å².